The lowest BCUT2D eigenvalue weighted by Crippen LogP contribution is -2.47. The van der Waals surface area contributed by atoms with E-state index in [2.05, 4.69) is 14.9 Å². The molecule has 0 unspecified atom stereocenters. The van der Waals surface area contributed by atoms with Gasteiger partial charge in [0.15, 0.2) is 0 Å². The number of rotatable bonds is 13. The van der Waals surface area contributed by atoms with Gasteiger partial charge in [-0.3, -0.25) is 4.79 Å². The first-order valence-electron chi connectivity index (χ1n) is 12.8. The number of hydrogen-bond acceptors (Lipinski definition) is 7. The van der Waals surface area contributed by atoms with E-state index in [-0.39, 0.29) is 17.9 Å². The third-order valence-electron chi connectivity index (χ3n) is 6.34. The lowest BCUT2D eigenvalue weighted by Gasteiger charge is -2.33. The van der Waals surface area contributed by atoms with Crippen molar-refractivity contribution < 1.29 is 19.1 Å². The number of nitrogens with one attached hydrogen (secondary N) is 2. The fourth-order valence-corrected chi connectivity index (χ4v) is 5.03. The summed E-state index contributed by atoms with van der Waals surface area (Å²) in [6.45, 7) is 7.32. The van der Waals surface area contributed by atoms with Gasteiger partial charge in [0.2, 0.25) is 5.91 Å². The zero-order valence-electron chi connectivity index (χ0n) is 21.9. The molecule has 2 N–H and O–H groups in total. The summed E-state index contributed by atoms with van der Waals surface area (Å²) < 4.78 is 13.3. The first-order valence-corrected chi connectivity index (χ1v) is 14.0. The van der Waals surface area contributed by atoms with Gasteiger partial charge in [0.05, 0.1) is 12.2 Å². The summed E-state index contributed by atoms with van der Waals surface area (Å²) in [7, 11) is 1.82. The third kappa shape index (κ3) is 9.85. The second kappa shape index (κ2) is 14.6. The van der Waals surface area contributed by atoms with E-state index in [1.165, 1.54) is 0 Å². The molecule has 0 atom stereocenters. The second-order valence-electron chi connectivity index (χ2n) is 9.82. The van der Waals surface area contributed by atoms with E-state index in [1.807, 2.05) is 45.2 Å². The quantitative estimate of drug-likeness (QED) is 0.203. The number of hydrogen-bond donors (Lipinski definition) is 2. The summed E-state index contributed by atoms with van der Waals surface area (Å²) in [5.74, 6) is 0.581. The van der Waals surface area contributed by atoms with Crippen LogP contribution in [0.2, 0.25) is 5.02 Å². The van der Waals surface area contributed by atoms with Crippen molar-refractivity contribution in [3.63, 3.8) is 0 Å². The van der Waals surface area contributed by atoms with Crippen LogP contribution >= 0.6 is 23.5 Å². The molecule has 7 nitrogen and oxygen atoms in total. The number of likely N-dealkylation sites (N-methyl/N-ethyl adjacent to an activating group) is 1. The number of benzene rings is 2. The molecular formula is C28H38ClN3O4S. The van der Waals surface area contributed by atoms with E-state index in [9.17, 15) is 9.59 Å². The van der Waals surface area contributed by atoms with Crippen molar-refractivity contribution >= 4 is 35.4 Å². The number of halogens is 1. The molecule has 0 radical (unpaired) electrons. The highest BCUT2D eigenvalue weighted by Gasteiger charge is 2.30. The highest BCUT2D eigenvalue weighted by molar-refractivity contribution is 7.97. The Kier molecular flexibility index (Phi) is 11.6. The van der Waals surface area contributed by atoms with E-state index in [4.69, 9.17) is 21.1 Å². The molecule has 0 aliphatic carbocycles. The average Bonchev–Trinajstić information content (AvgIpc) is 2.89. The molecule has 2 aromatic rings. The molecule has 37 heavy (non-hydrogen) atoms. The van der Waals surface area contributed by atoms with Crippen LogP contribution in [0.3, 0.4) is 0 Å². The normalized spacial score (nSPS) is 14.8. The number of carbonyl (C=O) groups excluding carboxylic acids is 2. The fourth-order valence-electron chi connectivity index (χ4n) is 3.95. The van der Waals surface area contributed by atoms with Gasteiger partial charge in [-0.05, 0) is 93.2 Å². The van der Waals surface area contributed by atoms with Gasteiger partial charge < -0.3 is 20.1 Å². The maximum absolute atomic E-state index is 13.0. The maximum Gasteiger partial charge on any atom is 0.338 e. The number of ether oxygens (including phenoxy) is 2. The molecule has 2 aromatic carbocycles. The molecule has 202 valence electrons. The SMILES string of the molecule is CNCCOC(=O)c1ccc(SN2CCC(NC(=O)C(C)(C)CCCOc3ccc(Cl)cc3)CC2)cc1. The lowest BCUT2D eigenvalue weighted by molar-refractivity contribution is -0.130. The van der Waals surface area contributed by atoms with Crippen molar-refractivity contribution in [2.45, 2.75) is 50.5 Å². The number of carbonyl (C=O) groups is 2. The summed E-state index contributed by atoms with van der Waals surface area (Å²) in [5, 5.41) is 6.90. The van der Waals surface area contributed by atoms with Gasteiger partial charge in [-0.1, -0.05) is 25.4 Å². The smallest absolute Gasteiger partial charge is 0.338 e. The first-order chi connectivity index (χ1) is 17.8. The average molecular weight is 548 g/mol. The monoisotopic (exact) mass is 547 g/mol. The maximum atomic E-state index is 13.0. The van der Waals surface area contributed by atoms with Crippen LogP contribution < -0.4 is 15.4 Å². The van der Waals surface area contributed by atoms with Crippen LogP contribution in [0, 0.1) is 5.41 Å². The summed E-state index contributed by atoms with van der Waals surface area (Å²) in [4.78, 5) is 26.1. The Balaban J connectivity index is 1.35. The van der Waals surface area contributed by atoms with Crippen LogP contribution in [0.1, 0.15) is 49.9 Å². The molecular weight excluding hydrogens is 510 g/mol. The van der Waals surface area contributed by atoms with Gasteiger partial charge in [-0.15, -0.1) is 0 Å². The van der Waals surface area contributed by atoms with Crippen LogP contribution in [0.5, 0.6) is 5.75 Å². The molecule has 0 spiro atoms. The van der Waals surface area contributed by atoms with Crippen molar-refractivity contribution in [2.75, 3.05) is 39.9 Å². The summed E-state index contributed by atoms with van der Waals surface area (Å²) >= 11 is 7.59. The number of esters is 1. The fraction of sp³-hybridized carbons (Fsp3) is 0.500. The number of amides is 1. The minimum Gasteiger partial charge on any atom is -0.494 e. The summed E-state index contributed by atoms with van der Waals surface area (Å²) in [6.07, 6.45) is 3.36. The Morgan fingerprint density at radius 1 is 1.05 bits per heavy atom. The van der Waals surface area contributed by atoms with Gasteiger partial charge in [-0.25, -0.2) is 9.10 Å². The Labute approximate surface area is 229 Å². The van der Waals surface area contributed by atoms with Gasteiger partial charge >= 0.3 is 5.97 Å². The zero-order valence-corrected chi connectivity index (χ0v) is 23.5. The van der Waals surface area contributed by atoms with Gasteiger partial charge in [0, 0.05) is 41.0 Å². The van der Waals surface area contributed by atoms with Crippen molar-refractivity contribution in [1.82, 2.24) is 14.9 Å². The number of nitrogens with zero attached hydrogens (tertiary/aromatic N) is 1. The molecule has 1 saturated heterocycles. The Bertz CT molecular complexity index is 993. The van der Waals surface area contributed by atoms with Crippen LogP contribution in [0.25, 0.3) is 0 Å². The largest absolute Gasteiger partial charge is 0.494 e. The molecule has 1 aliphatic rings. The highest BCUT2D eigenvalue weighted by atomic mass is 35.5. The van der Waals surface area contributed by atoms with E-state index in [0.717, 1.165) is 49.4 Å². The number of piperidine rings is 1. The van der Waals surface area contributed by atoms with Crippen molar-refractivity contribution in [2.24, 2.45) is 5.41 Å². The molecule has 1 amide bonds. The predicted octanol–water partition coefficient (Wildman–Crippen LogP) is 5.19. The summed E-state index contributed by atoms with van der Waals surface area (Å²) in [6, 6.07) is 15.0. The van der Waals surface area contributed by atoms with Crippen LogP contribution in [0.15, 0.2) is 53.4 Å². The van der Waals surface area contributed by atoms with E-state index >= 15 is 0 Å². The molecule has 3 rings (SSSR count). The molecule has 1 heterocycles. The zero-order chi connectivity index (χ0) is 26.7. The van der Waals surface area contributed by atoms with Crippen molar-refractivity contribution in [1.29, 1.82) is 0 Å². The highest BCUT2D eigenvalue weighted by Crippen LogP contribution is 2.28. The summed E-state index contributed by atoms with van der Waals surface area (Å²) in [5.41, 5.74) is 0.103. The van der Waals surface area contributed by atoms with E-state index in [1.54, 1.807) is 36.2 Å². The van der Waals surface area contributed by atoms with Crippen molar-refractivity contribution in [3.05, 3.63) is 59.1 Å². The van der Waals surface area contributed by atoms with Crippen LogP contribution in [-0.2, 0) is 9.53 Å². The topological polar surface area (TPSA) is 79.9 Å². The van der Waals surface area contributed by atoms with Gasteiger partial charge in [0.25, 0.3) is 0 Å². The van der Waals surface area contributed by atoms with Crippen molar-refractivity contribution in [3.8, 4) is 5.75 Å². The molecule has 0 bridgehead atoms. The first kappa shape index (κ1) is 29.3. The molecule has 1 aliphatic heterocycles. The molecule has 0 aromatic heterocycles. The third-order valence-corrected chi connectivity index (χ3v) is 7.70. The Hall–Kier alpha value is -2.26. The standard InChI is InChI=1S/C28H38ClN3O4S/c1-28(2,15-4-19-35-24-9-7-22(29)8-10-24)27(34)31-23-13-17-32(18-14-23)37-25-11-5-21(6-12-25)26(33)36-20-16-30-3/h5-12,23,30H,4,13-20H2,1-3H3,(H,31,34). The van der Waals surface area contributed by atoms with E-state index < -0.39 is 5.41 Å². The molecule has 9 heteroatoms. The Morgan fingerprint density at radius 2 is 1.73 bits per heavy atom. The Morgan fingerprint density at radius 3 is 2.38 bits per heavy atom. The van der Waals surface area contributed by atoms with Crippen LogP contribution in [0.4, 0.5) is 0 Å². The minimum absolute atomic E-state index is 0.0993. The second-order valence-corrected chi connectivity index (χ2v) is 11.4. The lowest BCUT2D eigenvalue weighted by atomic mass is 9.86. The molecule has 0 saturated carbocycles. The minimum atomic E-state index is -0.453. The van der Waals surface area contributed by atoms with Gasteiger partial charge in [-0.2, -0.15) is 0 Å². The predicted molar refractivity (Wildman–Crippen MR) is 149 cm³/mol. The van der Waals surface area contributed by atoms with Gasteiger partial charge in [0.1, 0.15) is 12.4 Å². The van der Waals surface area contributed by atoms with Crippen LogP contribution in [-0.4, -0.2) is 62.1 Å². The molecule has 1 fully saturated rings. The van der Waals surface area contributed by atoms with E-state index in [0.29, 0.717) is 30.3 Å².